The zero-order valence-corrected chi connectivity index (χ0v) is 53.1. The fourth-order valence-corrected chi connectivity index (χ4v) is 10.9. The van der Waals surface area contributed by atoms with E-state index in [1.807, 2.05) is 0 Å². The summed E-state index contributed by atoms with van der Waals surface area (Å²) in [6.07, 6.45) is 88.7. The molecule has 6 heteroatoms. The SMILES string of the molecule is CCCC/C=C\C/C=C\CCCCCCCC(=O)OCCCCCCCCCCC/C=C\C/C=C\CCCCCCCCCCCCCC(=O)NC(CO)C(O)CCCCCCCCCCCCCCCCCCCCCCC. The molecule has 2 unspecified atom stereocenters. The molecule has 0 aliphatic heterocycles. The number of carbonyl (C=O) groups is 2. The second-order valence-corrected chi connectivity index (χ2v) is 24.2. The van der Waals surface area contributed by atoms with Crippen LogP contribution in [0.25, 0.3) is 0 Å². The van der Waals surface area contributed by atoms with E-state index in [2.05, 4.69) is 67.8 Å². The van der Waals surface area contributed by atoms with Crippen LogP contribution in [0.1, 0.15) is 380 Å². The summed E-state index contributed by atoms with van der Waals surface area (Å²) >= 11 is 0. The van der Waals surface area contributed by atoms with Gasteiger partial charge in [-0.3, -0.25) is 9.59 Å². The van der Waals surface area contributed by atoms with E-state index in [1.165, 1.54) is 289 Å². The standard InChI is InChI=1S/C73H137NO5/c1-3-5-7-9-11-13-15-17-19-20-21-29-32-35-38-41-45-49-53-57-61-65-71(76)70(69-75)74-72(77)66-62-58-54-50-46-42-39-36-33-30-27-25-23-22-24-26-28-31-34-37-40-44-48-52-56-60-64-68-79-73(78)67-63-59-55-51-47-43-18-16-14-12-10-8-6-4-2/h10,12,16,18,22-23,26,28,70-71,75-76H,3-9,11,13-15,17,19-21,24-25,27,29-69H2,1-2H3,(H,74,77)/b12-10-,18-16-,23-22-,28-26-. The molecule has 79 heavy (non-hydrogen) atoms. The Morgan fingerprint density at radius 3 is 1.00 bits per heavy atom. The number of amides is 1. The largest absolute Gasteiger partial charge is 0.466 e. The minimum Gasteiger partial charge on any atom is -0.466 e. The molecule has 6 nitrogen and oxygen atoms in total. The molecule has 1 amide bonds. The van der Waals surface area contributed by atoms with Crippen LogP contribution >= 0.6 is 0 Å². The number of carbonyl (C=O) groups excluding carboxylic acids is 2. The van der Waals surface area contributed by atoms with Gasteiger partial charge in [0.25, 0.3) is 0 Å². The highest BCUT2D eigenvalue weighted by Gasteiger charge is 2.20. The molecule has 0 aliphatic rings. The van der Waals surface area contributed by atoms with Crippen molar-refractivity contribution >= 4 is 11.9 Å². The van der Waals surface area contributed by atoms with Crippen molar-refractivity contribution in [2.24, 2.45) is 0 Å². The van der Waals surface area contributed by atoms with Crippen LogP contribution in [0.15, 0.2) is 48.6 Å². The van der Waals surface area contributed by atoms with Crippen LogP contribution in [0.3, 0.4) is 0 Å². The maximum Gasteiger partial charge on any atom is 0.305 e. The zero-order chi connectivity index (χ0) is 57.1. The van der Waals surface area contributed by atoms with Crippen LogP contribution in [-0.4, -0.2) is 47.4 Å². The summed E-state index contributed by atoms with van der Waals surface area (Å²) in [5.74, 6) is -0.0386. The highest BCUT2D eigenvalue weighted by Crippen LogP contribution is 2.18. The van der Waals surface area contributed by atoms with Crippen molar-refractivity contribution in [3.05, 3.63) is 48.6 Å². The number of esters is 1. The molecule has 0 saturated heterocycles. The van der Waals surface area contributed by atoms with Crippen molar-refractivity contribution in [2.75, 3.05) is 13.2 Å². The summed E-state index contributed by atoms with van der Waals surface area (Å²) in [4.78, 5) is 24.6. The normalized spacial score (nSPS) is 12.8. The molecule has 0 spiro atoms. The summed E-state index contributed by atoms with van der Waals surface area (Å²) in [6, 6.07) is -0.546. The van der Waals surface area contributed by atoms with Crippen LogP contribution in [0.4, 0.5) is 0 Å². The third-order valence-corrected chi connectivity index (χ3v) is 16.4. The molecule has 464 valence electrons. The Morgan fingerprint density at radius 2 is 0.646 bits per heavy atom. The van der Waals surface area contributed by atoms with Crippen LogP contribution in [0.2, 0.25) is 0 Å². The molecule has 0 aliphatic carbocycles. The molecule has 0 aromatic carbocycles. The summed E-state index contributed by atoms with van der Waals surface area (Å²) in [5.41, 5.74) is 0. The second kappa shape index (κ2) is 68.3. The number of unbranched alkanes of at least 4 members (excludes halogenated alkanes) is 47. The Kier molecular flexibility index (Phi) is 66.4. The maximum absolute atomic E-state index is 12.5. The average Bonchev–Trinajstić information content (AvgIpc) is 3.45. The van der Waals surface area contributed by atoms with E-state index in [-0.39, 0.29) is 18.5 Å². The van der Waals surface area contributed by atoms with Crippen LogP contribution in [0, 0.1) is 0 Å². The lowest BCUT2D eigenvalue weighted by molar-refractivity contribution is -0.143. The highest BCUT2D eigenvalue weighted by atomic mass is 16.5. The molecular weight excluding hydrogens is 971 g/mol. The van der Waals surface area contributed by atoms with E-state index in [0.717, 1.165) is 57.8 Å². The molecule has 0 bridgehead atoms. The Balaban J connectivity index is 3.43. The minimum absolute atomic E-state index is 0.00384. The van der Waals surface area contributed by atoms with Crippen molar-refractivity contribution in [2.45, 2.75) is 392 Å². The predicted octanol–water partition coefficient (Wildman–Crippen LogP) is 22.9. The molecular formula is C73H137NO5. The van der Waals surface area contributed by atoms with Gasteiger partial charge >= 0.3 is 5.97 Å². The fraction of sp³-hybridized carbons (Fsp3) is 0.863. The van der Waals surface area contributed by atoms with E-state index < -0.39 is 12.1 Å². The molecule has 0 aromatic heterocycles. The molecule has 2 atom stereocenters. The number of aliphatic hydroxyl groups excluding tert-OH is 2. The lowest BCUT2D eigenvalue weighted by atomic mass is 10.0. The van der Waals surface area contributed by atoms with Gasteiger partial charge in [0.15, 0.2) is 0 Å². The summed E-state index contributed by atoms with van der Waals surface area (Å²) in [7, 11) is 0. The van der Waals surface area contributed by atoms with Crippen LogP contribution in [-0.2, 0) is 14.3 Å². The van der Waals surface area contributed by atoms with Crippen molar-refractivity contribution in [3.8, 4) is 0 Å². The van der Waals surface area contributed by atoms with E-state index in [0.29, 0.717) is 25.9 Å². The molecule has 0 fully saturated rings. The van der Waals surface area contributed by atoms with Gasteiger partial charge in [0.2, 0.25) is 5.91 Å². The lowest BCUT2D eigenvalue weighted by Gasteiger charge is -2.22. The van der Waals surface area contributed by atoms with Gasteiger partial charge in [-0.25, -0.2) is 0 Å². The van der Waals surface area contributed by atoms with Gasteiger partial charge in [0.05, 0.1) is 25.4 Å². The smallest absolute Gasteiger partial charge is 0.305 e. The molecule has 0 aromatic rings. The molecule has 3 N–H and O–H groups in total. The van der Waals surface area contributed by atoms with Crippen molar-refractivity contribution in [1.82, 2.24) is 5.32 Å². The first-order valence-electron chi connectivity index (χ1n) is 35.4. The predicted molar refractivity (Wildman–Crippen MR) is 347 cm³/mol. The van der Waals surface area contributed by atoms with Gasteiger partial charge in [0.1, 0.15) is 0 Å². The maximum atomic E-state index is 12.5. The molecule has 0 radical (unpaired) electrons. The van der Waals surface area contributed by atoms with Crippen molar-refractivity contribution in [3.63, 3.8) is 0 Å². The Bertz CT molecular complexity index is 1320. The summed E-state index contributed by atoms with van der Waals surface area (Å²) in [5, 5.41) is 23.4. The highest BCUT2D eigenvalue weighted by molar-refractivity contribution is 5.76. The Morgan fingerprint density at radius 1 is 0.354 bits per heavy atom. The topological polar surface area (TPSA) is 95.9 Å². The number of aliphatic hydroxyl groups is 2. The second-order valence-electron chi connectivity index (χ2n) is 24.2. The number of hydrogen-bond donors (Lipinski definition) is 3. The molecule has 0 rings (SSSR count). The van der Waals surface area contributed by atoms with Gasteiger partial charge in [-0.05, 0) is 83.5 Å². The first-order chi connectivity index (χ1) is 39.0. The van der Waals surface area contributed by atoms with Gasteiger partial charge in [-0.2, -0.15) is 0 Å². The first kappa shape index (κ1) is 76.8. The summed E-state index contributed by atoms with van der Waals surface area (Å²) < 4.78 is 5.47. The number of rotatable bonds is 66. The minimum atomic E-state index is -0.668. The van der Waals surface area contributed by atoms with E-state index in [9.17, 15) is 19.8 Å². The van der Waals surface area contributed by atoms with Gasteiger partial charge in [0, 0.05) is 12.8 Å². The quantitative estimate of drug-likeness (QED) is 0.0320. The fourth-order valence-electron chi connectivity index (χ4n) is 10.9. The van der Waals surface area contributed by atoms with Crippen LogP contribution in [0.5, 0.6) is 0 Å². The number of ether oxygens (including phenoxy) is 1. The van der Waals surface area contributed by atoms with Gasteiger partial charge < -0.3 is 20.3 Å². The number of allylic oxidation sites excluding steroid dienone is 8. The average molecular weight is 1110 g/mol. The molecule has 0 saturated carbocycles. The summed E-state index contributed by atoms with van der Waals surface area (Å²) in [6.45, 7) is 4.93. The van der Waals surface area contributed by atoms with Crippen molar-refractivity contribution < 1.29 is 24.5 Å². The third-order valence-electron chi connectivity index (χ3n) is 16.4. The Hall–Kier alpha value is -2.18. The van der Waals surface area contributed by atoms with E-state index in [1.54, 1.807) is 0 Å². The number of hydrogen-bond acceptors (Lipinski definition) is 5. The van der Waals surface area contributed by atoms with Gasteiger partial charge in [-0.15, -0.1) is 0 Å². The van der Waals surface area contributed by atoms with Crippen molar-refractivity contribution in [1.29, 1.82) is 0 Å². The zero-order valence-electron chi connectivity index (χ0n) is 53.1. The number of nitrogens with one attached hydrogen (secondary N) is 1. The lowest BCUT2D eigenvalue weighted by Crippen LogP contribution is -2.45. The van der Waals surface area contributed by atoms with E-state index in [4.69, 9.17) is 4.74 Å². The van der Waals surface area contributed by atoms with E-state index >= 15 is 0 Å². The Labute approximate surface area is 493 Å². The first-order valence-corrected chi connectivity index (χ1v) is 35.4. The third kappa shape index (κ3) is 64.8. The monoisotopic (exact) mass is 1110 g/mol. The molecule has 0 heterocycles. The van der Waals surface area contributed by atoms with Crippen LogP contribution < -0.4 is 5.32 Å². The van der Waals surface area contributed by atoms with Gasteiger partial charge in [-0.1, -0.05) is 332 Å².